The van der Waals surface area contributed by atoms with Gasteiger partial charge in [0.2, 0.25) is 15.9 Å². The second-order valence-electron chi connectivity index (χ2n) is 3.65. The third-order valence-corrected chi connectivity index (χ3v) is 4.05. The highest BCUT2D eigenvalue weighted by molar-refractivity contribution is 7.89. The summed E-state index contributed by atoms with van der Waals surface area (Å²) in [5, 5.41) is 8.47. The Balaban J connectivity index is 2.80. The highest BCUT2D eigenvalue weighted by Gasteiger charge is 2.29. The summed E-state index contributed by atoms with van der Waals surface area (Å²) in [5.41, 5.74) is 0. The van der Waals surface area contributed by atoms with Gasteiger partial charge in [-0.25, -0.2) is 8.42 Å². The summed E-state index contributed by atoms with van der Waals surface area (Å²) in [6.45, 7) is 0.399. The standard InChI is InChI=1S/C8H14N2O5S/c1-9-3-2-4-10(5-7(9)11)16(14,15)6-8(12)13/h2-6H2,1H3,(H,12,13). The molecule has 16 heavy (non-hydrogen) atoms. The number of carbonyl (C=O) groups is 2. The minimum atomic E-state index is -3.88. The normalized spacial score (nSPS) is 19.6. The fourth-order valence-electron chi connectivity index (χ4n) is 1.44. The Morgan fingerprint density at radius 1 is 1.44 bits per heavy atom. The van der Waals surface area contributed by atoms with Crippen molar-refractivity contribution >= 4 is 21.9 Å². The Morgan fingerprint density at radius 2 is 2.06 bits per heavy atom. The molecule has 1 rings (SSSR count). The van der Waals surface area contributed by atoms with Gasteiger partial charge in [-0.1, -0.05) is 0 Å². The van der Waals surface area contributed by atoms with Crippen LogP contribution in [0.1, 0.15) is 6.42 Å². The SMILES string of the molecule is CN1CCCN(S(=O)(=O)CC(=O)O)CC1=O. The number of carboxylic acids is 1. The molecule has 1 N–H and O–H groups in total. The van der Waals surface area contributed by atoms with Crippen LogP contribution in [0, 0.1) is 0 Å². The van der Waals surface area contributed by atoms with Crippen LogP contribution >= 0.6 is 0 Å². The average molecular weight is 250 g/mol. The van der Waals surface area contributed by atoms with Crippen molar-refractivity contribution in [1.29, 1.82) is 0 Å². The zero-order chi connectivity index (χ0) is 12.3. The number of carbonyl (C=O) groups excluding carboxylic acids is 1. The number of nitrogens with zero attached hydrogens (tertiary/aromatic N) is 2. The van der Waals surface area contributed by atoms with Gasteiger partial charge in [0, 0.05) is 20.1 Å². The molecule has 8 heteroatoms. The van der Waals surface area contributed by atoms with Crippen LogP contribution in [0.4, 0.5) is 0 Å². The molecule has 1 aliphatic rings. The molecule has 0 aromatic heterocycles. The number of amides is 1. The second-order valence-corrected chi connectivity index (χ2v) is 5.62. The minimum Gasteiger partial charge on any atom is -0.480 e. The van der Waals surface area contributed by atoms with E-state index in [1.807, 2.05) is 0 Å². The zero-order valence-electron chi connectivity index (χ0n) is 8.92. The Labute approximate surface area is 93.7 Å². The van der Waals surface area contributed by atoms with Crippen LogP contribution in [0.2, 0.25) is 0 Å². The van der Waals surface area contributed by atoms with E-state index in [-0.39, 0.29) is 19.0 Å². The van der Waals surface area contributed by atoms with Crippen LogP contribution in [0.3, 0.4) is 0 Å². The molecule has 0 aromatic carbocycles. The largest absolute Gasteiger partial charge is 0.480 e. The third kappa shape index (κ3) is 3.17. The third-order valence-electron chi connectivity index (χ3n) is 2.34. The number of aliphatic carboxylic acids is 1. The fraction of sp³-hybridized carbons (Fsp3) is 0.750. The van der Waals surface area contributed by atoms with E-state index >= 15 is 0 Å². The van der Waals surface area contributed by atoms with Gasteiger partial charge in [0.15, 0.2) is 5.75 Å². The summed E-state index contributed by atoms with van der Waals surface area (Å²) in [5.74, 6) is -2.69. The summed E-state index contributed by atoms with van der Waals surface area (Å²) in [4.78, 5) is 23.3. The van der Waals surface area contributed by atoms with Crippen LogP contribution in [-0.2, 0) is 19.6 Å². The summed E-state index contributed by atoms with van der Waals surface area (Å²) in [6, 6.07) is 0. The highest BCUT2D eigenvalue weighted by Crippen LogP contribution is 2.08. The first-order valence-electron chi connectivity index (χ1n) is 4.76. The van der Waals surface area contributed by atoms with Gasteiger partial charge in [0.25, 0.3) is 0 Å². The molecule has 1 fully saturated rings. The first-order valence-corrected chi connectivity index (χ1v) is 6.37. The minimum absolute atomic E-state index is 0.186. The van der Waals surface area contributed by atoms with Crippen molar-refractivity contribution in [2.45, 2.75) is 6.42 Å². The van der Waals surface area contributed by atoms with E-state index < -0.39 is 21.7 Å². The van der Waals surface area contributed by atoms with Gasteiger partial charge in [-0.3, -0.25) is 9.59 Å². The van der Waals surface area contributed by atoms with Crippen LogP contribution in [0.5, 0.6) is 0 Å². The Morgan fingerprint density at radius 3 is 2.62 bits per heavy atom. The zero-order valence-corrected chi connectivity index (χ0v) is 9.73. The number of rotatable bonds is 3. The molecular formula is C8H14N2O5S. The lowest BCUT2D eigenvalue weighted by molar-refractivity contribution is -0.134. The molecule has 0 saturated carbocycles. The predicted octanol–water partition coefficient (Wildman–Crippen LogP) is -1.44. The number of sulfonamides is 1. The monoisotopic (exact) mass is 250 g/mol. The van der Waals surface area contributed by atoms with Gasteiger partial charge in [-0.05, 0) is 6.42 Å². The lowest BCUT2D eigenvalue weighted by atomic mass is 10.4. The molecule has 1 aliphatic heterocycles. The predicted molar refractivity (Wildman–Crippen MR) is 55.2 cm³/mol. The van der Waals surface area contributed by atoms with Crippen LogP contribution in [0.25, 0.3) is 0 Å². The maximum atomic E-state index is 11.6. The van der Waals surface area contributed by atoms with Crippen molar-refractivity contribution in [1.82, 2.24) is 9.21 Å². The molecule has 7 nitrogen and oxygen atoms in total. The van der Waals surface area contributed by atoms with Crippen molar-refractivity contribution in [2.24, 2.45) is 0 Å². The molecule has 0 atom stereocenters. The van der Waals surface area contributed by atoms with E-state index in [0.29, 0.717) is 13.0 Å². The van der Waals surface area contributed by atoms with Crippen molar-refractivity contribution in [3.05, 3.63) is 0 Å². The van der Waals surface area contributed by atoms with E-state index in [0.717, 1.165) is 4.31 Å². The molecule has 1 amide bonds. The topological polar surface area (TPSA) is 95.0 Å². The summed E-state index contributed by atoms with van der Waals surface area (Å²) >= 11 is 0. The second kappa shape index (κ2) is 4.79. The number of likely N-dealkylation sites (N-methyl/N-ethyl adjacent to an activating group) is 1. The Hall–Kier alpha value is -1.15. The van der Waals surface area contributed by atoms with Gasteiger partial charge >= 0.3 is 5.97 Å². The molecule has 0 unspecified atom stereocenters. The molecule has 1 saturated heterocycles. The van der Waals surface area contributed by atoms with E-state index in [1.165, 1.54) is 4.90 Å². The fourth-order valence-corrected chi connectivity index (χ4v) is 2.65. The quantitative estimate of drug-likeness (QED) is 0.662. The van der Waals surface area contributed by atoms with E-state index in [9.17, 15) is 18.0 Å². The Bertz CT molecular complexity index is 391. The lowest BCUT2D eigenvalue weighted by Gasteiger charge is -2.18. The first kappa shape index (κ1) is 12.9. The van der Waals surface area contributed by atoms with E-state index in [4.69, 9.17) is 5.11 Å². The Kier molecular flexibility index (Phi) is 3.87. The molecule has 0 radical (unpaired) electrons. The van der Waals surface area contributed by atoms with E-state index in [1.54, 1.807) is 7.05 Å². The molecule has 92 valence electrons. The molecular weight excluding hydrogens is 236 g/mol. The van der Waals surface area contributed by atoms with Crippen LogP contribution in [0.15, 0.2) is 0 Å². The number of hydrogen-bond acceptors (Lipinski definition) is 4. The first-order chi connectivity index (χ1) is 7.33. The van der Waals surface area contributed by atoms with Crippen LogP contribution < -0.4 is 0 Å². The highest BCUT2D eigenvalue weighted by atomic mass is 32.2. The van der Waals surface area contributed by atoms with Crippen molar-refractivity contribution in [3.8, 4) is 0 Å². The molecule has 0 bridgehead atoms. The van der Waals surface area contributed by atoms with Gasteiger partial charge in [-0.15, -0.1) is 0 Å². The maximum Gasteiger partial charge on any atom is 0.320 e. The van der Waals surface area contributed by atoms with Gasteiger partial charge in [0.1, 0.15) is 0 Å². The molecule has 0 aromatic rings. The molecule has 0 spiro atoms. The van der Waals surface area contributed by atoms with Crippen molar-refractivity contribution < 1.29 is 23.1 Å². The van der Waals surface area contributed by atoms with Crippen molar-refractivity contribution in [3.63, 3.8) is 0 Å². The van der Waals surface area contributed by atoms with Gasteiger partial charge in [-0.2, -0.15) is 4.31 Å². The number of carboxylic acid groups (broad SMARTS) is 1. The van der Waals surface area contributed by atoms with Crippen LogP contribution in [-0.4, -0.2) is 67.0 Å². The average Bonchev–Trinajstić information content (AvgIpc) is 2.28. The van der Waals surface area contributed by atoms with Crippen molar-refractivity contribution in [2.75, 3.05) is 32.4 Å². The molecule has 0 aliphatic carbocycles. The molecule has 1 heterocycles. The van der Waals surface area contributed by atoms with Gasteiger partial charge in [0.05, 0.1) is 6.54 Å². The maximum absolute atomic E-state index is 11.6. The summed E-state index contributed by atoms with van der Waals surface area (Å²) in [6.07, 6.45) is 0.515. The lowest BCUT2D eigenvalue weighted by Crippen LogP contribution is -2.40. The van der Waals surface area contributed by atoms with E-state index in [2.05, 4.69) is 0 Å². The van der Waals surface area contributed by atoms with Gasteiger partial charge < -0.3 is 10.0 Å². The number of hydrogen-bond donors (Lipinski definition) is 1. The smallest absolute Gasteiger partial charge is 0.320 e. The summed E-state index contributed by atoms with van der Waals surface area (Å²) < 4.78 is 24.1. The summed E-state index contributed by atoms with van der Waals surface area (Å²) in [7, 11) is -2.28.